The number of hydrogen-bond donors (Lipinski definition) is 2. The van der Waals surface area contributed by atoms with Crippen LogP contribution in [0, 0.1) is 5.92 Å². The molecule has 2 aromatic rings. The summed E-state index contributed by atoms with van der Waals surface area (Å²) >= 11 is 10.6. The van der Waals surface area contributed by atoms with Crippen molar-refractivity contribution in [1.29, 1.82) is 0 Å². The van der Waals surface area contributed by atoms with Crippen LogP contribution >= 0.6 is 24.2 Å². The molecule has 0 aliphatic carbocycles. The lowest BCUT2D eigenvalue weighted by atomic mass is 10.2. The van der Waals surface area contributed by atoms with Crippen molar-refractivity contribution in [3.8, 4) is 0 Å². The first-order chi connectivity index (χ1) is 12.1. The molecule has 0 aliphatic heterocycles. The first kappa shape index (κ1) is 19.9. The minimum Gasteiger partial charge on any atom is -0.350 e. The van der Waals surface area contributed by atoms with Crippen molar-refractivity contribution >= 4 is 30.1 Å². The summed E-state index contributed by atoms with van der Waals surface area (Å²) in [5.74, 6) is 1.34. The summed E-state index contributed by atoms with van der Waals surface area (Å²) in [6, 6.07) is 10.2. The van der Waals surface area contributed by atoms with E-state index in [-0.39, 0.29) is 11.8 Å². The third-order valence-electron chi connectivity index (χ3n) is 4.19. The van der Waals surface area contributed by atoms with Crippen LogP contribution in [0.3, 0.4) is 0 Å². The number of carbonyl (C=O) groups is 1. The van der Waals surface area contributed by atoms with Crippen molar-refractivity contribution in [2.45, 2.75) is 46.2 Å². The van der Waals surface area contributed by atoms with Gasteiger partial charge in [0.1, 0.15) is 5.82 Å². The molecule has 0 spiro atoms. The van der Waals surface area contributed by atoms with Crippen LogP contribution in [0.2, 0.25) is 5.15 Å². The fourth-order valence-corrected chi connectivity index (χ4v) is 3.01. The van der Waals surface area contributed by atoms with Crippen LogP contribution in [0.4, 0.5) is 0 Å². The molecule has 1 amide bonds. The van der Waals surface area contributed by atoms with Gasteiger partial charge in [-0.25, -0.2) is 4.98 Å². The monoisotopic (exact) mass is 379 g/mol. The zero-order valence-corrected chi connectivity index (χ0v) is 16.5. The summed E-state index contributed by atoms with van der Waals surface area (Å²) in [5.41, 5.74) is 2.04. The molecular weight excluding hydrogens is 354 g/mol. The third-order valence-corrected chi connectivity index (χ3v) is 5.04. The smallest absolute Gasteiger partial charge is 0.223 e. The minimum absolute atomic E-state index is 0.0198. The predicted molar refractivity (Wildman–Crippen MR) is 106 cm³/mol. The molecule has 0 bridgehead atoms. The van der Waals surface area contributed by atoms with Gasteiger partial charge in [0.05, 0.1) is 12.2 Å². The summed E-state index contributed by atoms with van der Waals surface area (Å²) in [5, 5.41) is 3.43. The number of thiol groups is 1. The zero-order chi connectivity index (χ0) is 18.2. The van der Waals surface area contributed by atoms with Gasteiger partial charge in [0.25, 0.3) is 0 Å². The number of amides is 1. The largest absolute Gasteiger partial charge is 0.350 e. The van der Waals surface area contributed by atoms with E-state index in [1.165, 1.54) is 5.56 Å². The average Bonchev–Trinajstić information content (AvgIpc) is 2.92. The molecule has 1 aromatic heterocycles. The van der Waals surface area contributed by atoms with Crippen molar-refractivity contribution in [3.05, 3.63) is 52.6 Å². The first-order valence-electron chi connectivity index (χ1n) is 8.73. The van der Waals surface area contributed by atoms with Gasteiger partial charge >= 0.3 is 0 Å². The standard InChI is InChI=1S/C19H26ClN3OS/c1-3-4-10-17-22-18(20)16(11-21-19(24)14(2)13-25)23(17)12-15-8-6-5-7-9-15/h5-9,14,25H,3-4,10-13H2,1-2H3,(H,21,24)/t14-/m1/s1. The van der Waals surface area contributed by atoms with Gasteiger partial charge in [-0.2, -0.15) is 12.6 Å². The third kappa shape index (κ3) is 5.51. The first-order valence-corrected chi connectivity index (χ1v) is 9.74. The van der Waals surface area contributed by atoms with Gasteiger partial charge in [0, 0.05) is 24.6 Å². The number of nitrogens with one attached hydrogen (secondary N) is 1. The highest BCUT2D eigenvalue weighted by Crippen LogP contribution is 2.21. The zero-order valence-electron chi connectivity index (χ0n) is 14.8. The molecule has 0 aliphatic rings. The molecule has 6 heteroatoms. The van der Waals surface area contributed by atoms with Gasteiger partial charge in [0.2, 0.25) is 5.91 Å². The molecule has 136 valence electrons. The predicted octanol–water partition coefficient (Wildman–Crippen LogP) is 4.11. The molecule has 1 atom stereocenters. The van der Waals surface area contributed by atoms with E-state index in [0.29, 0.717) is 24.0 Å². The quantitative estimate of drug-likeness (QED) is 0.644. The molecule has 25 heavy (non-hydrogen) atoms. The second kappa shape index (κ2) is 9.88. The molecule has 1 heterocycles. The second-order valence-corrected chi connectivity index (χ2v) is 6.97. The number of aryl methyl sites for hydroxylation is 1. The van der Waals surface area contributed by atoms with Crippen LogP contribution in [-0.4, -0.2) is 21.2 Å². The van der Waals surface area contributed by atoms with Gasteiger partial charge < -0.3 is 9.88 Å². The summed E-state index contributed by atoms with van der Waals surface area (Å²) in [7, 11) is 0. The summed E-state index contributed by atoms with van der Waals surface area (Å²) in [6.07, 6.45) is 3.04. The molecular formula is C19H26ClN3OS. The van der Waals surface area contributed by atoms with Crippen LogP contribution in [0.25, 0.3) is 0 Å². The summed E-state index contributed by atoms with van der Waals surface area (Å²) in [6.45, 7) is 5.10. The molecule has 4 nitrogen and oxygen atoms in total. The highest BCUT2D eigenvalue weighted by atomic mass is 35.5. The van der Waals surface area contributed by atoms with Crippen LogP contribution in [0.15, 0.2) is 30.3 Å². The fraction of sp³-hybridized carbons (Fsp3) is 0.474. The Morgan fingerprint density at radius 1 is 1.36 bits per heavy atom. The Morgan fingerprint density at radius 3 is 2.72 bits per heavy atom. The van der Waals surface area contributed by atoms with E-state index in [0.717, 1.165) is 30.8 Å². The Kier molecular flexibility index (Phi) is 7.85. The summed E-state index contributed by atoms with van der Waals surface area (Å²) < 4.78 is 2.14. The molecule has 0 saturated carbocycles. The van der Waals surface area contributed by atoms with E-state index < -0.39 is 0 Å². The van der Waals surface area contributed by atoms with Gasteiger partial charge in [-0.3, -0.25) is 4.79 Å². The Labute approximate surface area is 160 Å². The van der Waals surface area contributed by atoms with Crippen molar-refractivity contribution in [2.24, 2.45) is 5.92 Å². The van der Waals surface area contributed by atoms with Crippen LogP contribution in [0.1, 0.15) is 43.8 Å². The van der Waals surface area contributed by atoms with E-state index in [9.17, 15) is 4.79 Å². The normalized spacial score (nSPS) is 12.2. The number of hydrogen-bond acceptors (Lipinski definition) is 3. The van der Waals surface area contributed by atoms with E-state index in [1.807, 2.05) is 25.1 Å². The molecule has 0 radical (unpaired) electrons. The van der Waals surface area contributed by atoms with Crippen LogP contribution < -0.4 is 5.32 Å². The second-order valence-electron chi connectivity index (χ2n) is 6.24. The summed E-state index contributed by atoms with van der Waals surface area (Å²) in [4.78, 5) is 16.6. The van der Waals surface area contributed by atoms with Crippen molar-refractivity contribution in [1.82, 2.24) is 14.9 Å². The van der Waals surface area contributed by atoms with Crippen LogP contribution in [-0.2, 0) is 24.3 Å². The topological polar surface area (TPSA) is 46.9 Å². The molecule has 1 N–H and O–H groups in total. The maximum Gasteiger partial charge on any atom is 0.223 e. The molecule has 1 aromatic carbocycles. The number of carbonyl (C=O) groups excluding carboxylic acids is 1. The number of unbranched alkanes of at least 4 members (excludes halogenated alkanes) is 1. The maximum atomic E-state index is 12.1. The van der Waals surface area contributed by atoms with Gasteiger partial charge in [-0.1, -0.05) is 62.2 Å². The average molecular weight is 380 g/mol. The highest BCUT2D eigenvalue weighted by Gasteiger charge is 2.18. The number of rotatable bonds is 9. The minimum atomic E-state index is -0.132. The van der Waals surface area contributed by atoms with E-state index in [4.69, 9.17) is 11.6 Å². The number of aromatic nitrogens is 2. The number of nitrogens with zero attached hydrogens (tertiary/aromatic N) is 2. The Balaban J connectivity index is 2.24. The van der Waals surface area contributed by atoms with Crippen LogP contribution in [0.5, 0.6) is 0 Å². The highest BCUT2D eigenvalue weighted by molar-refractivity contribution is 7.80. The SMILES string of the molecule is CCCCc1nc(Cl)c(CNC(=O)[C@H](C)CS)n1Cc1ccccc1. The Bertz CT molecular complexity index is 687. The van der Waals surface area contributed by atoms with Gasteiger partial charge in [-0.05, 0) is 12.0 Å². The number of imidazole rings is 1. The number of benzene rings is 1. The maximum absolute atomic E-state index is 12.1. The van der Waals surface area contributed by atoms with Crippen molar-refractivity contribution in [3.63, 3.8) is 0 Å². The number of halogens is 1. The van der Waals surface area contributed by atoms with E-state index in [1.54, 1.807) is 0 Å². The molecule has 2 rings (SSSR count). The lowest BCUT2D eigenvalue weighted by Crippen LogP contribution is -2.30. The van der Waals surface area contributed by atoms with E-state index in [2.05, 4.69) is 46.6 Å². The lowest BCUT2D eigenvalue weighted by Gasteiger charge is -2.14. The molecule has 0 unspecified atom stereocenters. The van der Waals surface area contributed by atoms with Crippen molar-refractivity contribution in [2.75, 3.05) is 5.75 Å². The Hall–Kier alpha value is -1.46. The van der Waals surface area contributed by atoms with Gasteiger partial charge in [-0.15, -0.1) is 0 Å². The Morgan fingerprint density at radius 2 is 2.08 bits per heavy atom. The molecule has 0 fully saturated rings. The van der Waals surface area contributed by atoms with Gasteiger partial charge in [0.15, 0.2) is 5.15 Å². The fourth-order valence-electron chi connectivity index (χ4n) is 2.58. The van der Waals surface area contributed by atoms with Crippen molar-refractivity contribution < 1.29 is 4.79 Å². The molecule has 0 saturated heterocycles. The lowest BCUT2D eigenvalue weighted by molar-refractivity contribution is -0.124. The van der Waals surface area contributed by atoms with E-state index >= 15 is 0 Å².